The van der Waals surface area contributed by atoms with E-state index >= 15 is 0 Å². The highest BCUT2D eigenvalue weighted by Crippen LogP contribution is 2.23. The molecule has 0 radical (unpaired) electrons. The lowest BCUT2D eigenvalue weighted by molar-refractivity contribution is 0.108. The molecule has 1 fully saturated rings. The predicted molar refractivity (Wildman–Crippen MR) is 98.5 cm³/mol. The van der Waals surface area contributed by atoms with Crippen molar-refractivity contribution in [3.05, 3.63) is 29.8 Å². The molecule has 0 spiro atoms. The topological polar surface area (TPSA) is 57.1 Å². The van der Waals surface area contributed by atoms with Gasteiger partial charge in [-0.1, -0.05) is 18.2 Å². The molecule has 1 saturated heterocycles. The number of guanidine groups is 1. The molecule has 5 heteroatoms. The standard InChI is InChI=1S/C19H31N3O2/c1-5-20-18(22-12-10-16(23)11-13-22)21-14-15-8-6-7-9-17(15)24-19(2,3)4/h6-9,16,23H,5,10-14H2,1-4H3,(H,20,21). The van der Waals surface area contributed by atoms with Crippen LogP contribution in [0.5, 0.6) is 5.75 Å². The Hall–Kier alpha value is -1.75. The number of likely N-dealkylation sites (tertiary alicyclic amines) is 1. The molecular weight excluding hydrogens is 302 g/mol. The summed E-state index contributed by atoms with van der Waals surface area (Å²) in [5.74, 6) is 1.80. The first kappa shape index (κ1) is 18.6. The lowest BCUT2D eigenvalue weighted by Crippen LogP contribution is -2.46. The van der Waals surface area contributed by atoms with Crippen molar-refractivity contribution in [2.24, 2.45) is 4.99 Å². The molecule has 1 aliphatic rings. The summed E-state index contributed by atoms with van der Waals surface area (Å²) in [6.45, 7) is 11.3. The van der Waals surface area contributed by atoms with Crippen LogP contribution in [0.1, 0.15) is 46.1 Å². The van der Waals surface area contributed by atoms with Crippen LogP contribution in [0.3, 0.4) is 0 Å². The highest BCUT2D eigenvalue weighted by Gasteiger charge is 2.20. The minimum atomic E-state index is -0.229. The van der Waals surface area contributed by atoms with E-state index in [0.29, 0.717) is 6.54 Å². The second-order valence-electron chi connectivity index (χ2n) is 7.21. The molecule has 0 aromatic heterocycles. The van der Waals surface area contributed by atoms with Gasteiger partial charge in [0.05, 0.1) is 12.6 Å². The number of piperidine rings is 1. The van der Waals surface area contributed by atoms with Gasteiger partial charge in [-0.05, 0) is 46.6 Å². The maximum atomic E-state index is 9.69. The maximum absolute atomic E-state index is 9.69. The number of hydrogen-bond donors (Lipinski definition) is 2. The Labute approximate surface area is 145 Å². The Balaban J connectivity index is 2.11. The van der Waals surface area contributed by atoms with Crippen LogP contribution in [0.4, 0.5) is 0 Å². The minimum absolute atomic E-state index is 0.176. The molecule has 5 nitrogen and oxygen atoms in total. The molecule has 1 aromatic rings. The molecule has 0 atom stereocenters. The van der Waals surface area contributed by atoms with E-state index in [2.05, 4.69) is 44.0 Å². The van der Waals surface area contributed by atoms with Gasteiger partial charge in [0.1, 0.15) is 11.4 Å². The fourth-order valence-electron chi connectivity index (χ4n) is 2.73. The molecule has 134 valence electrons. The maximum Gasteiger partial charge on any atom is 0.194 e. The first-order valence-corrected chi connectivity index (χ1v) is 8.87. The van der Waals surface area contributed by atoms with Gasteiger partial charge in [-0.25, -0.2) is 4.99 Å². The highest BCUT2D eigenvalue weighted by atomic mass is 16.5. The monoisotopic (exact) mass is 333 g/mol. The van der Waals surface area contributed by atoms with E-state index in [0.717, 1.165) is 49.7 Å². The van der Waals surface area contributed by atoms with E-state index in [1.807, 2.05) is 18.2 Å². The Kier molecular flexibility index (Phi) is 6.49. The smallest absolute Gasteiger partial charge is 0.194 e. The number of para-hydroxylation sites is 1. The zero-order valence-electron chi connectivity index (χ0n) is 15.4. The van der Waals surface area contributed by atoms with Crippen molar-refractivity contribution in [1.29, 1.82) is 0 Å². The highest BCUT2D eigenvalue weighted by molar-refractivity contribution is 5.80. The van der Waals surface area contributed by atoms with Crippen molar-refractivity contribution < 1.29 is 9.84 Å². The molecule has 0 unspecified atom stereocenters. The lowest BCUT2D eigenvalue weighted by Gasteiger charge is -2.32. The first-order chi connectivity index (χ1) is 11.4. The van der Waals surface area contributed by atoms with E-state index in [1.54, 1.807) is 0 Å². The lowest BCUT2D eigenvalue weighted by atomic mass is 10.1. The van der Waals surface area contributed by atoms with E-state index in [1.165, 1.54) is 0 Å². The summed E-state index contributed by atoms with van der Waals surface area (Å²) in [6, 6.07) is 8.07. The molecule has 2 rings (SSSR count). The summed E-state index contributed by atoms with van der Waals surface area (Å²) in [6.07, 6.45) is 1.42. The van der Waals surface area contributed by atoms with Crippen molar-refractivity contribution in [3.63, 3.8) is 0 Å². The van der Waals surface area contributed by atoms with Crippen molar-refractivity contribution in [3.8, 4) is 5.75 Å². The van der Waals surface area contributed by atoms with Crippen LogP contribution in [-0.2, 0) is 6.54 Å². The van der Waals surface area contributed by atoms with Crippen molar-refractivity contribution in [2.75, 3.05) is 19.6 Å². The summed E-state index contributed by atoms with van der Waals surface area (Å²) in [4.78, 5) is 7.02. The average molecular weight is 333 g/mol. The molecule has 0 amide bonds. The third-order valence-corrected chi connectivity index (χ3v) is 3.89. The summed E-state index contributed by atoms with van der Waals surface area (Å²) in [5.41, 5.74) is 0.854. The number of aliphatic hydroxyl groups excluding tert-OH is 1. The molecule has 0 saturated carbocycles. The average Bonchev–Trinajstić information content (AvgIpc) is 2.52. The predicted octanol–water partition coefficient (Wildman–Crippen LogP) is 2.79. The van der Waals surface area contributed by atoms with E-state index in [9.17, 15) is 5.11 Å². The van der Waals surface area contributed by atoms with E-state index < -0.39 is 0 Å². The van der Waals surface area contributed by atoms with Crippen molar-refractivity contribution in [1.82, 2.24) is 10.2 Å². The van der Waals surface area contributed by atoms with Crippen molar-refractivity contribution >= 4 is 5.96 Å². The Bertz CT molecular complexity index is 544. The normalized spacial score (nSPS) is 17.0. The van der Waals surface area contributed by atoms with Crippen LogP contribution in [0.15, 0.2) is 29.3 Å². The fraction of sp³-hybridized carbons (Fsp3) is 0.632. The quantitative estimate of drug-likeness (QED) is 0.657. The van der Waals surface area contributed by atoms with Gasteiger partial charge in [-0.3, -0.25) is 0 Å². The fourth-order valence-corrected chi connectivity index (χ4v) is 2.73. The van der Waals surface area contributed by atoms with Gasteiger partial charge in [0.2, 0.25) is 0 Å². The number of hydrogen-bond acceptors (Lipinski definition) is 3. The molecule has 1 aromatic carbocycles. The number of benzene rings is 1. The third kappa shape index (κ3) is 5.71. The zero-order valence-corrected chi connectivity index (χ0v) is 15.4. The zero-order chi connectivity index (χ0) is 17.6. The first-order valence-electron chi connectivity index (χ1n) is 8.87. The molecule has 1 aliphatic heterocycles. The van der Waals surface area contributed by atoms with Crippen LogP contribution in [-0.4, -0.2) is 47.3 Å². The summed E-state index contributed by atoms with van der Waals surface area (Å²) in [7, 11) is 0. The molecule has 1 heterocycles. The van der Waals surface area contributed by atoms with Gasteiger partial charge in [0.15, 0.2) is 5.96 Å². The van der Waals surface area contributed by atoms with Gasteiger partial charge >= 0.3 is 0 Å². The van der Waals surface area contributed by atoms with Crippen LogP contribution < -0.4 is 10.1 Å². The van der Waals surface area contributed by atoms with Gasteiger partial charge in [0.25, 0.3) is 0 Å². The molecule has 0 aliphatic carbocycles. The van der Waals surface area contributed by atoms with Crippen LogP contribution >= 0.6 is 0 Å². The van der Waals surface area contributed by atoms with Crippen LogP contribution in [0.25, 0.3) is 0 Å². The number of aliphatic hydroxyl groups is 1. The van der Waals surface area contributed by atoms with Gasteiger partial charge in [-0.2, -0.15) is 0 Å². The number of rotatable bonds is 4. The number of nitrogens with zero attached hydrogens (tertiary/aromatic N) is 2. The minimum Gasteiger partial charge on any atom is -0.488 e. The molecule has 0 bridgehead atoms. The van der Waals surface area contributed by atoms with E-state index in [4.69, 9.17) is 9.73 Å². The summed E-state index contributed by atoms with van der Waals surface area (Å²) < 4.78 is 6.05. The molecule has 2 N–H and O–H groups in total. The summed E-state index contributed by atoms with van der Waals surface area (Å²) in [5, 5.41) is 13.0. The number of aliphatic imine (C=N–C) groups is 1. The van der Waals surface area contributed by atoms with Crippen LogP contribution in [0, 0.1) is 0 Å². The third-order valence-electron chi connectivity index (χ3n) is 3.89. The number of nitrogens with one attached hydrogen (secondary N) is 1. The largest absolute Gasteiger partial charge is 0.488 e. The van der Waals surface area contributed by atoms with Gasteiger partial charge in [0, 0.05) is 25.2 Å². The SMILES string of the molecule is CCNC(=NCc1ccccc1OC(C)(C)C)N1CCC(O)CC1. The van der Waals surface area contributed by atoms with Crippen molar-refractivity contribution in [2.45, 2.75) is 58.8 Å². The van der Waals surface area contributed by atoms with Gasteiger partial charge in [-0.15, -0.1) is 0 Å². The second kappa shape index (κ2) is 8.38. The number of ether oxygens (including phenoxy) is 1. The van der Waals surface area contributed by atoms with E-state index in [-0.39, 0.29) is 11.7 Å². The summed E-state index contributed by atoms with van der Waals surface area (Å²) >= 11 is 0. The Morgan fingerprint density at radius 3 is 2.58 bits per heavy atom. The van der Waals surface area contributed by atoms with Gasteiger partial charge < -0.3 is 20.1 Å². The second-order valence-corrected chi connectivity index (χ2v) is 7.21. The molecular formula is C19H31N3O2. The van der Waals surface area contributed by atoms with Crippen LogP contribution in [0.2, 0.25) is 0 Å². The Morgan fingerprint density at radius 1 is 1.29 bits per heavy atom. The molecule has 24 heavy (non-hydrogen) atoms. The Morgan fingerprint density at radius 2 is 1.96 bits per heavy atom.